The van der Waals surface area contributed by atoms with Gasteiger partial charge in [-0.15, -0.1) is 0 Å². The Bertz CT molecular complexity index is 1040. The molecule has 156 valence electrons. The summed E-state index contributed by atoms with van der Waals surface area (Å²) in [5.74, 6) is 0.810. The average Bonchev–Trinajstić information content (AvgIpc) is 2.72. The summed E-state index contributed by atoms with van der Waals surface area (Å²) in [4.78, 5) is 26.4. The number of nitrogens with zero attached hydrogens (tertiary/aromatic N) is 3. The van der Waals surface area contributed by atoms with Gasteiger partial charge in [0.25, 0.3) is 5.91 Å². The van der Waals surface area contributed by atoms with Gasteiger partial charge in [-0.2, -0.15) is 0 Å². The first-order chi connectivity index (χ1) is 14.2. The SMILES string of the molecule is COc1ccc(-c2cc(C(=O)NC(C)(C)C)cc(-c3cncnc3C(C)C)n2)cc1. The van der Waals surface area contributed by atoms with Crippen molar-refractivity contribution in [3.63, 3.8) is 0 Å². The molecule has 0 unspecified atom stereocenters. The van der Waals surface area contributed by atoms with Crippen LogP contribution in [0.5, 0.6) is 5.75 Å². The first-order valence-corrected chi connectivity index (χ1v) is 9.97. The van der Waals surface area contributed by atoms with E-state index in [1.54, 1.807) is 25.7 Å². The maximum absolute atomic E-state index is 13.0. The molecule has 2 heterocycles. The number of hydrogen-bond acceptors (Lipinski definition) is 5. The van der Waals surface area contributed by atoms with Crippen molar-refractivity contribution in [3.05, 3.63) is 60.2 Å². The van der Waals surface area contributed by atoms with E-state index in [0.29, 0.717) is 17.0 Å². The van der Waals surface area contributed by atoms with Crippen molar-refractivity contribution in [2.75, 3.05) is 7.11 Å². The fourth-order valence-corrected chi connectivity index (χ4v) is 3.12. The summed E-state index contributed by atoms with van der Waals surface area (Å²) >= 11 is 0. The molecule has 3 rings (SSSR count). The van der Waals surface area contributed by atoms with Crippen molar-refractivity contribution in [2.24, 2.45) is 0 Å². The summed E-state index contributed by atoms with van der Waals surface area (Å²) < 4.78 is 5.26. The van der Waals surface area contributed by atoms with Crippen LogP contribution >= 0.6 is 0 Å². The molecule has 2 aromatic heterocycles. The highest BCUT2D eigenvalue weighted by molar-refractivity contribution is 5.96. The molecular formula is C24H28N4O2. The molecule has 0 spiro atoms. The Labute approximate surface area is 177 Å². The van der Waals surface area contributed by atoms with E-state index in [2.05, 4.69) is 29.1 Å². The van der Waals surface area contributed by atoms with E-state index in [1.165, 1.54) is 0 Å². The fraction of sp³-hybridized carbons (Fsp3) is 0.333. The van der Waals surface area contributed by atoms with Gasteiger partial charge < -0.3 is 10.1 Å². The van der Waals surface area contributed by atoms with Gasteiger partial charge in [-0.25, -0.2) is 15.0 Å². The van der Waals surface area contributed by atoms with Crippen LogP contribution in [-0.4, -0.2) is 33.5 Å². The number of benzene rings is 1. The van der Waals surface area contributed by atoms with Gasteiger partial charge in [0.2, 0.25) is 0 Å². The van der Waals surface area contributed by atoms with Gasteiger partial charge in [0.1, 0.15) is 12.1 Å². The lowest BCUT2D eigenvalue weighted by atomic mass is 9.99. The minimum absolute atomic E-state index is 0.149. The van der Waals surface area contributed by atoms with Gasteiger partial charge >= 0.3 is 0 Å². The van der Waals surface area contributed by atoms with Crippen molar-refractivity contribution in [2.45, 2.75) is 46.1 Å². The number of pyridine rings is 1. The number of methoxy groups -OCH3 is 1. The molecule has 0 atom stereocenters. The number of carbonyl (C=O) groups is 1. The molecule has 0 aliphatic rings. The molecule has 6 nitrogen and oxygen atoms in total. The molecule has 0 aliphatic carbocycles. The lowest BCUT2D eigenvalue weighted by Crippen LogP contribution is -2.40. The van der Waals surface area contributed by atoms with Gasteiger partial charge in [0, 0.05) is 28.4 Å². The standard InChI is InChI=1S/C24H28N4O2/c1-15(2)22-19(13-25-14-26-22)21-12-17(23(29)28-24(3,4)5)11-20(27-21)16-7-9-18(30-6)10-8-16/h7-15H,1-6H3,(H,28,29). The first-order valence-electron chi connectivity index (χ1n) is 9.97. The largest absolute Gasteiger partial charge is 0.497 e. The van der Waals surface area contributed by atoms with Crippen LogP contribution in [0.25, 0.3) is 22.5 Å². The minimum atomic E-state index is -0.347. The number of ether oxygens (including phenoxy) is 1. The summed E-state index contributed by atoms with van der Waals surface area (Å²) in [5, 5.41) is 3.03. The maximum Gasteiger partial charge on any atom is 0.251 e. The molecule has 0 bridgehead atoms. The van der Waals surface area contributed by atoms with Gasteiger partial charge in [-0.1, -0.05) is 13.8 Å². The molecule has 0 fully saturated rings. The van der Waals surface area contributed by atoms with E-state index in [9.17, 15) is 4.79 Å². The molecule has 0 saturated carbocycles. The van der Waals surface area contributed by atoms with Crippen molar-refractivity contribution in [1.29, 1.82) is 0 Å². The Balaban J connectivity index is 2.17. The molecule has 1 aromatic carbocycles. The Morgan fingerprint density at radius 1 is 1.07 bits per heavy atom. The molecular weight excluding hydrogens is 376 g/mol. The zero-order valence-electron chi connectivity index (χ0n) is 18.4. The summed E-state index contributed by atoms with van der Waals surface area (Å²) in [6.45, 7) is 10.0. The molecule has 1 N–H and O–H groups in total. The van der Waals surface area contributed by atoms with Crippen LogP contribution in [0.4, 0.5) is 0 Å². The molecule has 0 aliphatic heterocycles. The monoisotopic (exact) mass is 404 g/mol. The number of nitrogens with one attached hydrogen (secondary N) is 1. The van der Waals surface area contributed by atoms with Crippen LogP contribution in [0.2, 0.25) is 0 Å². The lowest BCUT2D eigenvalue weighted by molar-refractivity contribution is 0.0919. The first kappa shape index (κ1) is 21.4. The third-order valence-electron chi connectivity index (χ3n) is 4.53. The number of amides is 1. The highest BCUT2D eigenvalue weighted by Crippen LogP contribution is 2.29. The van der Waals surface area contributed by atoms with Crippen LogP contribution in [0, 0.1) is 0 Å². The van der Waals surface area contributed by atoms with Crippen LogP contribution in [0.15, 0.2) is 48.9 Å². The third-order valence-corrected chi connectivity index (χ3v) is 4.53. The van der Waals surface area contributed by atoms with Crippen molar-refractivity contribution >= 4 is 5.91 Å². The van der Waals surface area contributed by atoms with E-state index < -0.39 is 0 Å². The van der Waals surface area contributed by atoms with Crippen molar-refractivity contribution in [3.8, 4) is 28.3 Å². The smallest absolute Gasteiger partial charge is 0.251 e. The van der Waals surface area contributed by atoms with Crippen molar-refractivity contribution < 1.29 is 9.53 Å². The predicted octanol–water partition coefficient (Wildman–Crippen LogP) is 4.87. The summed E-state index contributed by atoms with van der Waals surface area (Å²) in [6.07, 6.45) is 3.30. The van der Waals surface area contributed by atoms with Crippen LogP contribution in [-0.2, 0) is 0 Å². The number of rotatable bonds is 5. The summed E-state index contributed by atoms with van der Waals surface area (Å²) in [6, 6.07) is 11.2. The Morgan fingerprint density at radius 2 is 1.73 bits per heavy atom. The van der Waals surface area contributed by atoms with Gasteiger partial charge in [0.05, 0.1) is 24.2 Å². The van der Waals surface area contributed by atoms with E-state index in [4.69, 9.17) is 9.72 Å². The molecule has 6 heteroatoms. The van der Waals surface area contributed by atoms with Crippen LogP contribution < -0.4 is 10.1 Å². The third kappa shape index (κ3) is 5.00. The molecule has 30 heavy (non-hydrogen) atoms. The molecule has 1 amide bonds. The zero-order chi connectivity index (χ0) is 21.9. The predicted molar refractivity (Wildman–Crippen MR) is 119 cm³/mol. The zero-order valence-corrected chi connectivity index (χ0v) is 18.4. The number of hydrogen-bond donors (Lipinski definition) is 1. The second-order valence-corrected chi connectivity index (χ2v) is 8.54. The average molecular weight is 405 g/mol. The highest BCUT2D eigenvalue weighted by atomic mass is 16.5. The topological polar surface area (TPSA) is 77.0 Å². The van der Waals surface area contributed by atoms with Gasteiger partial charge in [0.15, 0.2) is 0 Å². The second kappa shape index (κ2) is 8.61. The fourth-order valence-electron chi connectivity index (χ4n) is 3.12. The van der Waals surface area contributed by atoms with E-state index in [1.807, 2.05) is 51.1 Å². The molecule has 0 saturated heterocycles. The lowest BCUT2D eigenvalue weighted by Gasteiger charge is -2.21. The second-order valence-electron chi connectivity index (χ2n) is 8.54. The Hall–Kier alpha value is -3.28. The summed E-state index contributed by atoms with van der Waals surface area (Å²) in [5.41, 5.74) is 4.18. The summed E-state index contributed by atoms with van der Waals surface area (Å²) in [7, 11) is 1.63. The Morgan fingerprint density at radius 3 is 2.33 bits per heavy atom. The van der Waals surface area contributed by atoms with E-state index >= 15 is 0 Å². The van der Waals surface area contributed by atoms with Crippen LogP contribution in [0.1, 0.15) is 56.6 Å². The van der Waals surface area contributed by atoms with E-state index in [0.717, 1.165) is 22.6 Å². The molecule has 3 aromatic rings. The van der Waals surface area contributed by atoms with Gasteiger partial charge in [-0.3, -0.25) is 4.79 Å². The normalized spacial score (nSPS) is 11.4. The van der Waals surface area contributed by atoms with Crippen molar-refractivity contribution in [1.82, 2.24) is 20.3 Å². The number of carbonyl (C=O) groups excluding carboxylic acids is 1. The minimum Gasteiger partial charge on any atom is -0.497 e. The Kier molecular flexibility index (Phi) is 6.15. The van der Waals surface area contributed by atoms with Crippen LogP contribution in [0.3, 0.4) is 0 Å². The highest BCUT2D eigenvalue weighted by Gasteiger charge is 2.19. The molecule has 0 radical (unpaired) electrons. The van der Waals surface area contributed by atoms with Gasteiger partial charge in [-0.05, 0) is 63.1 Å². The quantitative estimate of drug-likeness (QED) is 0.657. The number of aromatic nitrogens is 3. The maximum atomic E-state index is 13.0. The van der Waals surface area contributed by atoms with E-state index in [-0.39, 0.29) is 17.4 Å².